The predicted octanol–water partition coefficient (Wildman–Crippen LogP) is -3.09. The number of rotatable bonds is 4. The molecule has 0 aliphatic heterocycles. The molecule has 122 valence electrons. The SMILES string of the molecule is O=C([O-])[C@]1(O)C=C(OCc2ccc3sccc3c2)[C@@H](O)[C@H](O)C1.[Na+]. The fourth-order valence-electron chi connectivity index (χ4n) is 2.54. The minimum absolute atomic E-state index is 0. The Kier molecular flexibility index (Phi) is 6.09. The molecule has 0 saturated heterocycles. The number of aliphatic hydroxyl groups excluding tert-OH is 2. The van der Waals surface area contributed by atoms with Gasteiger partial charge in [-0.3, -0.25) is 0 Å². The van der Waals surface area contributed by atoms with Crippen molar-refractivity contribution in [3.8, 4) is 0 Å². The molecule has 3 N–H and O–H groups in total. The van der Waals surface area contributed by atoms with Gasteiger partial charge in [-0.05, 0) is 40.6 Å². The van der Waals surface area contributed by atoms with Gasteiger partial charge in [0.25, 0.3) is 0 Å². The minimum Gasteiger partial charge on any atom is -0.547 e. The zero-order valence-electron chi connectivity index (χ0n) is 13.0. The topological polar surface area (TPSA) is 110 Å². The molecule has 1 aliphatic rings. The average Bonchev–Trinajstić information content (AvgIpc) is 2.97. The van der Waals surface area contributed by atoms with Crippen molar-refractivity contribution in [3.63, 3.8) is 0 Å². The van der Waals surface area contributed by atoms with Crippen LogP contribution in [0, 0.1) is 0 Å². The van der Waals surface area contributed by atoms with Crippen LogP contribution in [0.4, 0.5) is 0 Å². The van der Waals surface area contributed by atoms with E-state index in [4.69, 9.17) is 4.74 Å². The van der Waals surface area contributed by atoms with Gasteiger partial charge in [0, 0.05) is 11.1 Å². The standard InChI is InChI=1S/C16H16O6S.Na/c17-11-6-16(21,15(19)20)7-12(14(11)18)22-8-9-1-2-13-10(5-9)3-4-23-13;/h1-5,7,11,14,17-18,21H,6,8H2,(H,19,20);/q;+1/p-1/t11-,14+,16-;/m1./s1. The van der Waals surface area contributed by atoms with Crippen molar-refractivity contribution in [1.82, 2.24) is 0 Å². The molecule has 6 nitrogen and oxygen atoms in total. The van der Waals surface area contributed by atoms with E-state index < -0.39 is 30.2 Å². The van der Waals surface area contributed by atoms with Crippen LogP contribution in [0.5, 0.6) is 0 Å². The zero-order valence-corrected chi connectivity index (χ0v) is 15.8. The molecular weight excluding hydrogens is 343 g/mol. The molecule has 8 heteroatoms. The molecule has 1 aliphatic carbocycles. The van der Waals surface area contributed by atoms with Crippen molar-refractivity contribution in [2.24, 2.45) is 0 Å². The number of hydrogen-bond acceptors (Lipinski definition) is 7. The van der Waals surface area contributed by atoms with Crippen LogP contribution in [-0.2, 0) is 16.1 Å². The largest absolute Gasteiger partial charge is 1.00 e. The predicted molar refractivity (Wildman–Crippen MR) is 81.3 cm³/mol. The maximum Gasteiger partial charge on any atom is 1.00 e. The first kappa shape index (κ1) is 19.4. The number of ether oxygens (including phenoxy) is 1. The number of aliphatic carboxylic acids is 1. The van der Waals surface area contributed by atoms with Crippen LogP contribution >= 0.6 is 11.3 Å². The smallest absolute Gasteiger partial charge is 0.547 e. The minimum atomic E-state index is -2.36. The summed E-state index contributed by atoms with van der Waals surface area (Å²) in [6.45, 7) is 0.0739. The van der Waals surface area contributed by atoms with Gasteiger partial charge in [0.15, 0.2) is 0 Å². The molecule has 0 saturated carbocycles. The Bertz CT molecular complexity index is 773. The number of benzene rings is 1. The second kappa shape index (κ2) is 7.53. The monoisotopic (exact) mass is 358 g/mol. The molecule has 0 fully saturated rings. The van der Waals surface area contributed by atoms with Gasteiger partial charge < -0.3 is 30.0 Å². The molecule has 2 aromatic rings. The van der Waals surface area contributed by atoms with Gasteiger partial charge in [0.05, 0.1) is 12.1 Å². The first-order chi connectivity index (χ1) is 10.9. The van der Waals surface area contributed by atoms with E-state index >= 15 is 0 Å². The van der Waals surface area contributed by atoms with Crippen LogP contribution in [-0.4, -0.2) is 39.1 Å². The van der Waals surface area contributed by atoms with Crippen molar-refractivity contribution >= 4 is 27.4 Å². The molecule has 3 atom stereocenters. The number of thiophene rings is 1. The average molecular weight is 358 g/mol. The molecule has 0 spiro atoms. The van der Waals surface area contributed by atoms with E-state index in [1.54, 1.807) is 11.3 Å². The van der Waals surface area contributed by atoms with Crippen LogP contribution in [0.25, 0.3) is 10.1 Å². The third-order valence-corrected chi connectivity index (χ3v) is 4.73. The van der Waals surface area contributed by atoms with Gasteiger partial charge in [-0.2, -0.15) is 0 Å². The van der Waals surface area contributed by atoms with E-state index in [-0.39, 0.29) is 41.9 Å². The van der Waals surface area contributed by atoms with Crippen molar-refractivity contribution < 1.29 is 59.5 Å². The summed E-state index contributed by atoms with van der Waals surface area (Å²) in [5.74, 6) is -1.93. The van der Waals surface area contributed by atoms with Crippen LogP contribution < -0.4 is 34.7 Å². The van der Waals surface area contributed by atoms with E-state index in [1.165, 1.54) is 0 Å². The Hall–Kier alpha value is -0.930. The second-order valence-corrected chi connectivity index (χ2v) is 6.50. The third kappa shape index (κ3) is 3.83. The number of aliphatic hydroxyl groups is 3. The van der Waals surface area contributed by atoms with Gasteiger partial charge >= 0.3 is 29.6 Å². The number of carbonyl (C=O) groups is 1. The van der Waals surface area contributed by atoms with Crippen LogP contribution in [0.3, 0.4) is 0 Å². The van der Waals surface area contributed by atoms with Gasteiger partial charge in [-0.15, -0.1) is 11.3 Å². The number of hydrogen-bond donors (Lipinski definition) is 3. The molecule has 1 aromatic heterocycles. The molecule has 1 aromatic carbocycles. The van der Waals surface area contributed by atoms with Gasteiger partial charge in [-0.25, -0.2) is 0 Å². The summed E-state index contributed by atoms with van der Waals surface area (Å²) in [5, 5.41) is 43.6. The Morgan fingerprint density at radius 1 is 1.38 bits per heavy atom. The Morgan fingerprint density at radius 3 is 2.83 bits per heavy atom. The second-order valence-electron chi connectivity index (χ2n) is 5.56. The van der Waals surface area contributed by atoms with E-state index in [2.05, 4.69) is 0 Å². The van der Waals surface area contributed by atoms with Crippen LogP contribution in [0.15, 0.2) is 41.5 Å². The summed E-state index contributed by atoms with van der Waals surface area (Å²) in [5.41, 5.74) is -1.54. The normalized spacial score (nSPS) is 26.5. The van der Waals surface area contributed by atoms with Crippen molar-refractivity contribution in [2.45, 2.75) is 30.8 Å². The van der Waals surface area contributed by atoms with Crippen molar-refractivity contribution in [3.05, 3.63) is 47.0 Å². The fourth-order valence-corrected chi connectivity index (χ4v) is 3.31. The molecule has 1 heterocycles. The zero-order chi connectivity index (χ0) is 16.6. The van der Waals surface area contributed by atoms with E-state index in [1.807, 2.05) is 29.6 Å². The van der Waals surface area contributed by atoms with Crippen molar-refractivity contribution in [1.29, 1.82) is 0 Å². The molecular formula is C16H15NaO6S. The summed E-state index contributed by atoms with van der Waals surface area (Å²) in [4.78, 5) is 11.0. The first-order valence-electron chi connectivity index (χ1n) is 7.01. The molecule has 0 unspecified atom stereocenters. The van der Waals surface area contributed by atoms with E-state index in [9.17, 15) is 25.2 Å². The number of carbonyl (C=O) groups excluding carboxylic acids is 1. The molecule has 3 rings (SSSR count). The van der Waals surface area contributed by atoms with Gasteiger partial charge in [0.1, 0.15) is 24.1 Å². The number of fused-ring (bicyclic) bond motifs is 1. The maximum atomic E-state index is 11.0. The van der Waals surface area contributed by atoms with Crippen LogP contribution in [0.2, 0.25) is 0 Å². The Labute approximate surface area is 164 Å². The Morgan fingerprint density at radius 2 is 2.12 bits per heavy atom. The molecule has 0 radical (unpaired) electrons. The molecule has 24 heavy (non-hydrogen) atoms. The molecule has 0 amide bonds. The van der Waals surface area contributed by atoms with Crippen LogP contribution in [0.1, 0.15) is 12.0 Å². The summed E-state index contributed by atoms with van der Waals surface area (Å²) >= 11 is 1.62. The number of carboxylic acids is 1. The fraction of sp³-hybridized carbons (Fsp3) is 0.312. The maximum absolute atomic E-state index is 11.0. The van der Waals surface area contributed by atoms with Gasteiger partial charge in [-0.1, -0.05) is 6.07 Å². The summed E-state index contributed by atoms with van der Waals surface area (Å²) in [7, 11) is 0. The van der Waals surface area contributed by atoms with Crippen molar-refractivity contribution in [2.75, 3.05) is 0 Å². The first-order valence-corrected chi connectivity index (χ1v) is 7.89. The third-order valence-electron chi connectivity index (χ3n) is 3.83. The molecule has 0 bridgehead atoms. The summed E-state index contributed by atoms with van der Waals surface area (Å²) in [6.07, 6.45) is -2.50. The summed E-state index contributed by atoms with van der Waals surface area (Å²) in [6, 6.07) is 7.69. The van der Waals surface area contributed by atoms with E-state index in [0.29, 0.717) is 0 Å². The Balaban J connectivity index is 0.00000208. The summed E-state index contributed by atoms with van der Waals surface area (Å²) < 4.78 is 6.56. The quantitative estimate of drug-likeness (QED) is 0.500. The van der Waals surface area contributed by atoms with E-state index in [0.717, 1.165) is 21.7 Å². The number of carboxylic acid groups (broad SMARTS) is 1. The van der Waals surface area contributed by atoms with Gasteiger partial charge in [0.2, 0.25) is 0 Å².